The smallest absolute Gasteiger partial charge is 0.265 e. The molecule has 2 aromatic heterocycles. The van der Waals surface area contributed by atoms with Crippen LogP contribution in [0.5, 0.6) is 0 Å². The molecule has 0 aliphatic rings. The van der Waals surface area contributed by atoms with Crippen molar-refractivity contribution >= 4 is 17.4 Å². The van der Waals surface area contributed by atoms with Crippen molar-refractivity contribution in [2.24, 2.45) is 0 Å². The lowest BCUT2D eigenvalue weighted by Gasteiger charge is -2.11. The number of nitrogens with one attached hydrogen (secondary N) is 1. The summed E-state index contributed by atoms with van der Waals surface area (Å²) in [5, 5.41) is 6.72. The second-order valence-corrected chi connectivity index (χ2v) is 4.65. The highest BCUT2D eigenvalue weighted by Crippen LogP contribution is 2.10. The molecule has 2 rings (SSSR count). The molecule has 0 aliphatic heterocycles. The number of hydrogen-bond donors (Lipinski definition) is 1. The van der Waals surface area contributed by atoms with Crippen molar-refractivity contribution in [3.8, 4) is 0 Å². The normalized spacial score (nSPS) is 12.4. The highest BCUT2D eigenvalue weighted by atomic mass is 32.1. The Labute approximate surface area is 103 Å². The minimum Gasteiger partial charge on any atom is -0.472 e. The molecule has 17 heavy (non-hydrogen) atoms. The molecule has 1 atom stereocenters. The molecule has 0 spiro atoms. The van der Waals surface area contributed by atoms with Gasteiger partial charge in [0.1, 0.15) is 4.88 Å². The molecule has 1 N–H and O–H groups in total. The zero-order valence-electron chi connectivity index (χ0n) is 9.64. The van der Waals surface area contributed by atoms with Crippen molar-refractivity contribution in [3.05, 3.63) is 34.7 Å². The van der Waals surface area contributed by atoms with E-state index in [0.717, 1.165) is 23.5 Å². The largest absolute Gasteiger partial charge is 0.472 e. The van der Waals surface area contributed by atoms with E-state index >= 15 is 0 Å². The van der Waals surface area contributed by atoms with E-state index in [-0.39, 0.29) is 11.9 Å². The van der Waals surface area contributed by atoms with Crippen LogP contribution in [-0.2, 0) is 6.42 Å². The zero-order chi connectivity index (χ0) is 12.3. The Morgan fingerprint density at radius 2 is 2.47 bits per heavy atom. The fourth-order valence-corrected chi connectivity index (χ4v) is 2.10. The van der Waals surface area contributed by atoms with E-state index < -0.39 is 0 Å². The zero-order valence-corrected chi connectivity index (χ0v) is 10.5. The molecule has 5 nitrogen and oxygen atoms in total. The topological polar surface area (TPSA) is 68.0 Å². The average molecular weight is 251 g/mol. The molecule has 0 bridgehead atoms. The fraction of sp³-hybridized carbons (Fsp3) is 0.364. The quantitative estimate of drug-likeness (QED) is 0.899. The van der Waals surface area contributed by atoms with E-state index in [9.17, 15) is 4.79 Å². The van der Waals surface area contributed by atoms with Gasteiger partial charge in [0, 0.05) is 6.04 Å². The fourth-order valence-electron chi connectivity index (χ4n) is 1.54. The van der Waals surface area contributed by atoms with E-state index in [1.165, 1.54) is 0 Å². The van der Waals surface area contributed by atoms with E-state index in [1.807, 2.05) is 13.0 Å². The number of aromatic nitrogens is 2. The van der Waals surface area contributed by atoms with Crippen molar-refractivity contribution < 1.29 is 9.21 Å². The Kier molecular flexibility index (Phi) is 3.53. The van der Waals surface area contributed by atoms with Gasteiger partial charge in [0.05, 0.1) is 18.2 Å². The molecular formula is C11H13N3O2S. The van der Waals surface area contributed by atoms with Gasteiger partial charge in [-0.05, 0) is 43.4 Å². The molecule has 2 aromatic rings. The van der Waals surface area contributed by atoms with Crippen LogP contribution in [0.2, 0.25) is 0 Å². The Hall–Kier alpha value is -1.69. The Balaban J connectivity index is 1.93. The second-order valence-electron chi connectivity index (χ2n) is 3.90. The lowest BCUT2D eigenvalue weighted by Crippen LogP contribution is -2.33. The number of amides is 1. The van der Waals surface area contributed by atoms with Gasteiger partial charge in [0.15, 0.2) is 0 Å². The summed E-state index contributed by atoms with van der Waals surface area (Å²) in [6.07, 6.45) is 4.05. The molecule has 90 valence electrons. The molecule has 0 fully saturated rings. The number of nitrogens with zero attached hydrogens (tertiary/aromatic N) is 2. The van der Waals surface area contributed by atoms with Crippen molar-refractivity contribution in [2.75, 3.05) is 0 Å². The molecule has 0 aliphatic carbocycles. The summed E-state index contributed by atoms with van der Waals surface area (Å²) < 4.78 is 8.72. The second kappa shape index (κ2) is 5.09. The van der Waals surface area contributed by atoms with Crippen LogP contribution in [-0.4, -0.2) is 21.5 Å². The third-order valence-electron chi connectivity index (χ3n) is 2.36. The minimum absolute atomic E-state index is 0.0431. The number of carbonyl (C=O) groups is 1. The predicted octanol–water partition coefficient (Wildman–Crippen LogP) is 1.80. The summed E-state index contributed by atoms with van der Waals surface area (Å²) in [6, 6.07) is 1.93. The Morgan fingerprint density at radius 3 is 3.06 bits per heavy atom. The SMILES string of the molecule is Cc1nnsc1C(=O)NC(C)Cc1ccoc1. The van der Waals surface area contributed by atoms with Gasteiger partial charge < -0.3 is 9.73 Å². The molecule has 0 saturated carbocycles. The van der Waals surface area contributed by atoms with Gasteiger partial charge in [0.2, 0.25) is 0 Å². The first-order valence-electron chi connectivity index (χ1n) is 5.27. The molecule has 2 heterocycles. The van der Waals surface area contributed by atoms with Crippen molar-refractivity contribution in [1.82, 2.24) is 14.9 Å². The molecular weight excluding hydrogens is 238 g/mol. The number of carbonyl (C=O) groups excluding carboxylic acids is 1. The van der Waals surface area contributed by atoms with Crippen molar-refractivity contribution in [2.45, 2.75) is 26.3 Å². The molecule has 0 saturated heterocycles. The highest BCUT2D eigenvalue weighted by molar-refractivity contribution is 7.07. The summed E-state index contributed by atoms with van der Waals surface area (Å²) in [5.74, 6) is -0.117. The maximum Gasteiger partial charge on any atom is 0.265 e. The first kappa shape index (κ1) is 11.8. The molecule has 6 heteroatoms. The first-order valence-corrected chi connectivity index (χ1v) is 6.05. The van der Waals surface area contributed by atoms with Crippen LogP contribution in [0.15, 0.2) is 23.0 Å². The van der Waals surface area contributed by atoms with Gasteiger partial charge in [-0.1, -0.05) is 4.49 Å². The minimum atomic E-state index is -0.117. The number of furan rings is 1. The monoisotopic (exact) mass is 251 g/mol. The maximum absolute atomic E-state index is 11.9. The number of hydrogen-bond acceptors (Lipinski definition) is 5. The molecule has 0 radical (unpaired) electrons. The first-order chi connectivity index (χ1) is 8.16. The van der Waals surface area contributed by atoms with Crippen LogP contribution in [0.4, 0.5) is 0 Å². The molecule has 0 aromatic carbocycles. The Bertz CT molecular complexity index is 493. The lowest BCUT2D eigenvalue weighted by atomic mass is 10.1. The maximum atomic E-state index is 11.9. The van der Waals surface area contributed by atoms with Crippen LogP contribution < -0.4 is 5.32 Å². The van der Waals surface area contributed by atoms with Gasteiger partial charge in [-0.25, -0.2) is 0 Å². The van der Waals surface area contributed by atoms with Crippen LogP contribution >= 0.6 is 11.5 Å². The van der Waals surface area contributed by atoms with E-state index in [0.29, 0.717) is 10.6 Å². The van der Waals surface area contributed by atoms with Crippen LogP contribution in [0.1, 0.15) is 27.9 Å². The standard InChI is InChI=1S/C11H13N3O2S/c1-7(5-9-3-4-16-6-9)12-11(15)10-8(2)13-14-17-10/h3-4,6-7H,5H2,1-2H3,(H,12,15). The highest BCUT2D eigenvalue weighted by Gasteiger charge is 2.15. The summed E-state index contributed by atoms with van der Waals surface area (Å²) >= 11 is 1.12. The number of rotatable bonds is 4. The van der Waals surface area contributed by atoms with Gasteiger partial charge in [-0.15, -0.1) is 5.10 Å². The van der Waals surface area contributed by atoms with E-state index in [1.54, 1.807) is 19.5 Å². The van der Waals surface area contributed by atoms with E-state index in [4.69, 9.17) is 4.42 Å². The summed E-state index contributed by atoms with van der Waals surface area (Å²) in [7, 11) is 0. The number of aryl methyl sites for hydroxylation is 1. The third kappa shape index (κ3) is 2.91. The average Bonchev–Trinajstić information content (AvgIpc) is 2.88. The van der Waals surface area contributed by atoms with Crippen molar-refractivity contribution in [3.63, 3.8) is 0 Å². The van der Waals surface area contributed by atoms with Gasteiger partial charge in [-0.2, -0.15) is 0 Å². The third-order valence-corrected chi connectivity index (χ3v) is 3.18. The van der Waals surface area contributed by atoms with Crippen LogP contribution in [0.25, 0.3) is 0 Å². The van der Waals surface area contributed by atoms with Crippen molar-refractivity contribution in [1.29, 1.82) is 0 Å². The lowest BCUT2D eigenvalue weighted by molar-refractivity contribution is 0.0943. The summed E-state index contributed by atoms with van der Waals surface area (Å²) in [4.78, 5) is 12.4. The summed E-state index contributed by atoms with van der Waals surface area (Å²) in [5.41, 5.74) is 1.74. The van der Waals surface area contributed by atoms with E-state index in [2.05, 4.69) is 14.9 Å². The van der Waals surface area contributed by atoms with Gasteiger partial charge in [-0.3, -0.25) is 4.79 Å². The molecule has 1 amide bonds. The summed E-state index contributed by atoms with van der Waals surface area (Å²) in [6.45, 7) is 3.73. The predicted molar refractivity (Wildman–Crippen MR) is 64.0 cm³/mol. The van der Waals surface area contributed by atoms with Crippen LogP contribution in [0.3, 0.4) is 0 Å². The van der Waals surface area contributed by atoms with Gasteiger partial charge >= 0.3 is 0 Å². The molecule has 1 unspecified atom stereocenters. The van der Waals surface area contributed by atoms with Gasteiger partial charge in [0.25, 0.3) is 5.91 Å². The van der Waals surface area contributed by atoms with Crippen LogP contribution in [0, 0.1) is 6.92 Å². The Morgan fingerprint density at radius 1 is 1.65 bits per heavy atom.